The maximum absolute atomic E-state index is 11.1. The van der Waals surface area contributed by atoms with Gasteiger partial charge in [0.1, 0.15) is 6.10 Å². The van der Waals surface area contributed by atoms with Gasteiger partial charge in [0.15, 0.2) is 0 Å². The molecule has 142 valence electrons. The predicted octanol–water partition coefficient (Wildman–Crippen LogP) is 6.76. The lowest BCUT2D eigenvalue weighted by Crippen LogP contribution is -2.06. The number of allylic oxidation sites excluding steroid dienone is 1. The van der Waals surface area contributed by atoms with E-state index < -0.39 is 6.10 Å². The lowest BCUT2D eigenvalue weighted by molar-refractivity contribution is 0.209. The molecule has 0 aliphatic carbocycles. The molecule has 0 aliphatic heterocycles. The fraction of sp³-hybridized carbons (Fsp3) is 0.385. The van der Waals surface area contributed by atoms with Crippen molar-refractivity contribution in [3.8, 4) is 11.8 Å². The molecule has 2 rings (SSSR count). The monoisotopic (exact) mass is 360 g/mol. The van der Waals surface area contributed by atoms with Gasteiger partial charge < -0.3 is 5.11 Å². The van der Waals surface area contributed by atoms with Gasteiger partial charge in [0.05, 0.1) is 0 Å². The van der Waals surface area contributed by atoms with Crippen LogP contribution in [0.2, 0.25) is 0 Å². The molecule has 0 saturated heterocycles. The summed E-state index contributed by atoms with van der Waals surface area (Å²) in [6.45, 7) is 6.46. The summed E-state index contributed by atoms with van der Waals surface area (Å²) in [6, 6.07) is 18.3. The molecule has 0 radical (unpaired) electrons. The molecule has 27 heavy (non-hydrogen) atoms. The normalized spacial score (nSPS) is 12.7. The molecule has 0 amide bonds. The summed E-state index contributed by atoms with van der Waals surface area (Å²) in [4.78, 5) is 0. The molecule has 1 N–H and O–H groups in total. The van der Waals surface area contributed by atoms with Gasteiger partial charge in [-0.05, 0) is 55.9 Å². The number of aryl methyl sites for hydroxylation is 1. The van der Waals surface area contributed by atoms with Crippen LogP contribution in [0, 0.1) is 18.8 Å². The van der Waals surface area contributed by atoms with Gasteiger partial charge in [-0.25, -0.2) is 0 Å². The van der Waals surface area contributed by atoms with Crippen LogP contribution >= 0.6 is 0 Å². The second-order valence-electron chi connectivity index (χ2n) is 7.14. The highest BCUT2D eigenvalue weighted by molar-refractivity contribution is 5.44. The maximum Gasteiger partial charge on any atom is 0.101 e. The molecule has 0 bridgehead atoms. The Balaban J connectivity index is 2.43. The molecule has 0 spiro atoms. The number of unbranched alkanes of at least 4 members (excludes halogenated alkanes) is 2. The number of hydrogen-bond donors (Lipinski definition) is 1. The van der Waals surface area contributed by atoms with Crippen molar-refractivity contribution in [2.24, 2.45) is 0 Å². The van der Waals surface area contributed by atoms with Crippen LogP contribution in [0.15, 0.2) is 65.7 Å². The minimum atomic E-state index is -0.575. The third kappa shape index (κ3) is 6.74. The van der Waals surface area contributed by atoms with Gasteiger partial charge in [0.2, 0.25) is 0 Å². The van der Waals surface area contributed by atoms with E-state index >= 15 is 0 Å². The molecule has 2 aromatic rings. The van der Waals surface area contributed by atoms with Crippen LogP contribution in [-0.4, -0.2) is 5.11 Å². The molecule has 0 aromatic heterocycles. The molecule has 0 aliphatic rings. The largest absolute Gasteiger partial charge is 0.384 e. The van der Waals surface area contributed by atoms with Crippen molar-refractivity contribution in [3.63, 3.8) is 0 Å². The third-order valence-electron chi connectivity index (χ3n) is 4.82. The summed E-state index contributed by atoms with van der Waals surface area (Å²) in [7, 11) is 0. The van der Waals surface area contributed by atoms with Gasteiger partial charge >= 0.3 is 0 Å². The zero-order valence-corrected chi connectivity index (χ0v) is 17.0. The van der Waals surface area contributed by atoms with Crippen molar-refractivity contribution >= 4 is 0 Å². The Hall–Kier alpha value is -2.30. The summed E-state index contributed by atoms with van der Waals surface area (Å²) in [6.07, 6.45) is 5.65. The van der Waals surface area contributed by atoms with Crippen LogP contribution < -0.4 is 0 Å². The maximum atomic E-state index is 11.1. The first-order valence-corrected chi connectivity index (χ1v) is 10.2. The summed E-state index contributed by atoms with van der Waals surface area (Å²) < 4.78 is 0. The predicted molar refractivity (Wildman–Crippen MR) is 116 cm³/mol. The van der Waals surface area contributed by atoms with Crippen molar-refractivity contribution in [2.75, 3.05) is 0 Å². The first kappa shape index (κ1) is 21.0. The molecule has 1 heteroatoms. The zero-order valence-electron chi connectivity index (χ0n) is 17.0. The molecule has 1 nitrogen and oxygen atoms in total. The minimum absolute atomic E-state index is 0.575. The number of aliphatic hydroxyl groups excluding tert-OH is 1. The third-order valence-corrected chi connectivity index (χ3v) is 4.82. The average molecular weight is 361 g/mol. The topological polar surface area (TPSA) is 20.2 Å². The highest BCUT2D eigenvalue weighted by atomic mass is 16.3. The van der Waals surface area contributed by atoms with E-state index in [9.17, 15) is 5.11 Å². The van der Waals surface area contributed by atoms with Crippen LogP contribution in [0.25, 0.3) is 0 Å². The number of rotatable bonds is 8. The fourth-order valence-corrected chi connectivity index (χ4v) is 3.10. The fourth-order valence-electron chi connectivity index (χ4n) is 3.10. The van der Waals surface area contributed by atoms with E-state index in [4.69, 9.17) is 0 Å². The Morgan fingerprint density at radius 1 is 0.889 bits per heavy atom. The molecule has 1 unspecified atom stereocenters. The lowest BCUT2D eigenvalue weighted by Gasteiger charge is -2.19. The Kier molecular flexibility index (Phi) is 8.89. The standard InChI is InChI=1S/C26H32O/c1-4-6-13-23(20-17-22-11-9-8-10-12-22)25(14-7-5-2)26(27)24-18-15-21(3)16-19-24/h8-12,15-16,18-19,26-27H,4-7,13-14H2,1-3H3/b25-23-. The Morgan fingerprint density at radius 3 is 2.15 bits per heavy atom. The van der Waals surface area contributed by atoms with Gasteiger partial charge in [-0.1, -0.05) is 86.6 Å². The highest BCUT2D eigenvalue weighted by Crippen LogP contribution is 2.30. The summed E-state index contributed by atoms with van der Waals surface area (Å²) in [5.74, 6) is 6.72. The van der Waals surface area contributed by atoms with Crippen LogP contribution in [0.3, 0.4) is 0 Å². The van der Waals surface area contributed by atoms with E-state index in [0.717, 1.165) is 60.8 Å². The first-order valence-electron chi connectivity index (χ1n) is 10.2. The molecule has 2 aromatic carbocycles. The highest BCUT2D eigenvalue weighted by Gasteiger charge is 2.17. The van der Waals surface area contributed by atoms with Gasteiger partial charge in [-0.2, -0.15) is 0 Å². The smallest absolute Gasteiger partial charge is 0.101 e. The Bertz CT molecular complexity index is 772. The van der Waals surface area contributed by atoms with Crippen LogP contribution in [-0.2, 0) is 0 Å². The molecular formula is C26H32O. The van der Waals surface area contributed by atoms with E-state index in [1.807, 2.05) is 42.5 Å². The minimum Gasteiger partial charge on any atom is -0.384 e. The van der Waals surface area contributed by atoms with Crippen molar-refractivity contribution < 1.29 is 5.11 Å². The van der Waals surface area contributed by atoms with Crippen molar-refractivity contribution in [2.45, 2.75) is 65.4 Å². The number of hydrogen-bond acceptors (Lipinski definition) is 1. The van der Waals surface area contributed by atoms with Crippen LogP contribution in [0.5, 0.6) is 0 Å². The van der Waals surface area contributed by atoms with Gasteiger partial charge in [-0.15, -0.1) is 0 Å². The van der Waals surface area contributed by atoms with E-state index in [1.165, 1.54) is 5.56 Å². The second kappa shape index (κ2) is 11.4. The SMILES string of the molecule is CCCC/C(C#Cc1ccccc1)=C(\CCCC)C(O)c1ccc(C)cc1. The van der Waals surface area contributed by atoms with E-state index in [1.54, 1.807) is 0 Å². The molecule has 1 atom stereocenters. The van der Waals surface area contributed by atoms with E-state index in [2.05, 4.69) is 44.7 Å². The molecule has 0 saturated carbocycles. The average Bonchev–Trinajstić information content (AvgIpc) is 2.70. The van der Waals surface area contributed by atoms with E-state index in [-0.39, 0.29) is 0 Å². The summed E-state index contributed by atoms with van der Waals surface area (Å²) >= 11 is 0. The quantitative estimate of drug-likeness (QED) is 0.516. The second-order valence-corrected chi connectivity index (χ2v) is 7.14. The number of benzene rings is 2. The van der Waals surface area contributed by atoms with Gasteiger partial charge in [-0.3, -0.25) is 0 Å². The van der Waals surface area contributed by atoms with Crippen LogP contribution in [0.4, 0.5) is 0 Å². The van der Waals surface area contributed by atoms with Crippen molar-refractivity contribution in [1.29, 1.82) is 0 Å². The lowest BCUT2D eigenvalue weighted by atomic mass is 9.90. The Morgan fingerprint density at radius 2 is 1.52 bits per heavy atom. The van der Waals surface area contributed by atoms with Crippen molar-refractivity contribution in [1.82, 2.24) is 0 Å². The molecule has 0 fully saturated rings. The van der Waals surface area contributed by atoms with Gasteiger partial charge in [0.25, 0.3) is 0 Å². The van der Waals surface area contributed by atoms with Crippen molar-refractivity contribution in [3.05, 3.63) is 82.4 Å². The number of aliphatic hydroxyl groups is 1. The summed E-state index contributed by atoms with van der Waals surface area (Å²) in [5, 5.41) is 11.1. The Labute approximate surface area is 165 Å². The zero-order chi connectivity index (χ0) is 19.5. The van der Waals surface area contributed by atoms with Crippen LogP contribution in [0.1, 0.15) is 75.2 Å². The molecule has 0 heterocycles. The molecular weight excluding hydrogens is 328 g/mol. The summed E-state index contributed by atoms with van der Waals surface area (Å²) in [5.41, 5.74) is 5.40. The van der Waals surface area contributed by atoms with E-state index in [0.29, 0.717) is 0 Å². The van der Waals surface area contributed by atoms with Gasteiger partial charge in [0, 0.05) is 11.1 Å². The first-order chi connectivity index (χ1) is 13.2.